The number of carbonyl (C=O) groups excluding carboxylic acids is 2. The average molecular weight is 330 g/mol. The first kappa shape index (κ1) is 17.7. The molecule has 2 aromatic rings. The van der Waals surface area contributed by atoms with Crippen molar-refractivity contribution in [1.29, 1.82) is 0 Å². The number of benzene rings is 1. The van der Waals surface area contributed by atoms with E-state index in [1.165, 1.54) is 4.68 Å². The molecule has 0 aliphatic carbocycles. The summed E-state index contributed by atoms with van der Waals surface area (Å²) in [5.74, 6) is -0.794. The van der Waals surface area contributed by atoms with Crippen LogP contribution in [0.1, 0.15) is 50.0 Å². The zero-order valence-corrected chi connectivity index (χ0v) is 14.0. The molecule has 0 saturated carbocycles. The van der Waals surface area contributed by atoms with Crippen LogP contribution in [0.15, 0.2) is 29.1 Å². The molecule has 0 saturated heterocycles. The third-order valence-electron chi connectivity index (χ3n) is 3.59. The predicted octanol–water partition coefficient (Wildman–Crippen LogP) is 1.76. The molecule has 0 bridgehead atoms. The van der Waals surface area contributed by atoms with Gasteiger partial charge >= 0.3 is 0 Å². The monoisotopic (exact) mass is 330 g/mol. The molecule has 0 aliphatic rings. The molecule has 0 fully saturated rings. The van der Waals surface area contributed by atoms with Crippen LogP contribution in [0, 0.1) is 0 Å². The molecule has 128 valence electrons. The van der Waals surface area contributed by atoms with Gasteiger partial charge in [0.15, 0.2) is 5.69 Å². The molecule has 0 unspecified atom stereocenters. The van der Waals surface area contributed by atoms with Gasteiger partial charge in [-0.05, 0) is 18.9 Å². The van der Waals surface area contributed by atoms with E-state index in [9.17, 15) is 14.4 Å². The van der Waals surface area contributed by atoms with Gasteiger partial charge in [0, 0.05) is 18.4 Å². The Bertz CT molecular complexity index is 798. The fourth-order valence-electron chi connectivity index (χ4n) is 2.35. The quantitative estimate of drug-likeness (QED) is 0.789. The number of amides is 2. The van der Waals surface area contributed by atoms with E-state index in [1.807, 2.05) is 13.8 Å². The number of aryl methyl sites for hydroxylation is 1. The molecule has 0 aliphatic heterocycles. The van der Waals surface area contributed by atoms with Gasteiger partial charge < -0.3 is 0 Å². The Morgan fingerprint density at radius 3 is 2.46 bits per heavy atom. The van der Waals surface area contributed by atoms with Crippen LogP contribution in [0.5, 0.6) is 0 Å². The maximum Gasteiger partial charge on any atom is 0.290 e. The molecule has 0 spiro atoms. The smallest absolute Gasteiger partial charge is 0.273 e. The third-order valence-corrected chi connectivity index (χ3v) is 3.59. The van der Waals surface area contributed by atoms with Crippen molar-refractivity contribution < 1.29 is 9.59 Å². The van der Waals surface area contributed by atoms with Crippen LogP contribution in [0.25, 0.3) is 10.8 Å². The van der Waals surface area contributed by atoms with E-state index in [0.29, 0.717) is 23.7 Å². The van der Waals surface area contributed by atoms with Crippen molar-refractivity contribution in [2.75, 3.05) is 0 Å². The Labute approximate surface area is 140 Å². The van der Waals surface area contributed by atoms with Crippen molar-refractivity contribution in [2.45, 2.75) is 46.1 Å². The van der Waals surface area contributed by atoms with Crippen LogP contribution in [0.3, 0.4) is 0 Å². The molecule has 1 aromatic carbocycles. The lowest BCUT2D eigenvalue weighted by Gasteiger charge is -2.11. The van der Waals surface area contributed by atoms with Gasteiger partial charge in [0.25, 0.3) is 11.5 Å². The van der Waals surface area contributed by atoms with Gasteiger partial charge in [-0.25, -0.2) is 4.68 Å². The van der Waals surface area contributed by atoms with Gasteiger partial charge in [0.2, 0.25) is 5.91 Å². The summed E-state index contributed by atoms with van der Waals surface area (Å²) in [5.41, 5.74) is 4.65. The summed E-state index contributed by atoms with van der Waals surface area (Å²) in [6.07, 6.45) is 2.72. The first-order valence-corrected chi connectivity index (χ1v) is 8.17. The minimum atomic E-state index is -0.541. The molecule has 0 atom stereocenters. The number of nitrogens with zero attached hydrogens (tertiary/aromatic N) is 2. The van der Waals surface area contributed by atoms with E-state index in [4.69, 9.17) is 0 Å². The summed E-state index contributed by atoms with van der Waals surface area (Å²) in [7, 11) is 0. The number of unbranched alkanes of at least 4 members (excludes halogenated alkanes) is 1. The number of hydrogen-bond acceptors (Lipinski definition) is 4. The van der Waals surface area contributed by atoms with Gasteiger partial charge in [-0.15, -0.1) is 0 Å². The Morgan fingerprint density at radius 2 is 1.79 bits per heavy atom. The standard InChI is InChI=1S/C17H22N4O3/c1-3-5-10-14(22)18-19-16(23)15-12-8-6-7-9-13(12)17(24)21(20-15)11-4-2/h6-9H,3-5,10-11H2,1-2H3,(H,18,22)(H,19,23). The topological polar surface area (TPSA) is 93.1 Å². The van der Waals surface area contributed by atoms with Crippen molar-refractivity contribution in [3.8, 4) is 0 Å². The van der Waals surface area contributed by atoms with E-state index < -0.39 is 5.91 Å². The third kappa shape index (κ3) is 3.98. The lowest BCUT2D eigenvalue weighted by molar-refractivity contribution is -0.121. The maximum absolute atomic E-state index is 12.4. The molecule has 1 heterocycles. The van der Waals surface area contributed by atoms with Gasteiger partial charge in [-0.2, -0.15) is 5.10 Å². The van der Waals surface area contributed by atoms with Crippen molar-refractivity contribution in [3.05, 3.63) is 40.3 Å². The zero-order chi connectivity index (χ0) is 17.5. The first-order valence-electron chi connectivity index (χ1n) is 8.17. The maximum atomic E-state index is 12.4. The molecule has 2 rings (SSSR count). The Morgan fingerprint density at radius 1 is 1.08 bits per heavy atom. The fraction of sp³-hybridized carbons (Fsp3) is 0.412. The average Bonchev–Trinajstić information content (AvgIpc) is 2.60. The summed E-state index contributed by atoms with van der Waals surface area (Å²) < 4.78 is 1.29. The molecular formula is C17H22N4O3. The lowest BCUT2D eigenvalue weighted by atomic mass is 10.1. The van der Waals surface area contributed by atoms with Crippen molar-refractivity contribution >= 4 is 22.6 Å². The summed E-state index contributed by atoms with van der Waals surface area (Å²) >= 11 is 0. The second kappa shape index (κ2) is 8.24. The summed E-state index contributed by atoms with van der Waals surface area (Å²) in [6, 6.07) is 6.83. The normalized spacial score (nSPS) is 10.6. The molecule has 2 N–H and O–H groups in total. The van der Waals surface area contributed by atoms with E-state index >= 15 is 0 Å². The predicted molar refractivity (Wildman–Crippen MR) is 91.4 cm³/mol. The van der Waals surface area contributed by atoms with Crippen molar-refractivity contribution in [2.24, 2.45) is 0 Å². The molecular weight excluding hydrogens is 308 g/mol. The van der Waals surface area contributed by atoms with Crippen molar-refractivity contribution in [1.82, 2.24) is 20.6 Å². The summed E-state index contributed by atoms with van der Waals surface area (Å²) in [6.45, 7) is 4.34. The number of hydrazine groups is 1. The van der Waals surface area contributed by atoms with Crippen LogP contribution in [0.4, 0.5) is 0 Å². The SMILES string of the molecule is CCCCC(=O)NNC(=O)c1nn(CCC)c(=O)c2ccccc12. The van der Waals surface area contributed by atoms with Crippen LogP contribution in [-0.2, 0) is 11.3 Å². The number of carbonyl (C=O) groups is 2. The highest BCUT2D eigenvalue weighted by Gasteiger charge is 2.16. The Kier molecular flexibility index (Phi) is 6.06. The Hall–Kier alpha value is -2.70. The molecule has 7 heteroatoms. The largest absolute Gasteiger partial charge is 0.290 e. The van der Waals surface area contributed by atoms with Crippen LogP contribution >= 0.6 is 0 Å². The highest BCUT2D eigenvalue weighted by molar-refractivity contribution is 6.05. The number of fused-ring (bicyclic) bond motifs is 1. The number of rotatable bonds is 6. The second-order valence-electron chi connectivity index (χ2n) is 5.53. The summed E-state index contributed by atoms with van der Waals surface area (Å²) in [5, 5.41) is 5.07. The van der Waals surface area contributed by atoms with E-state index in [1.54, 1.807) is 24.3 Å². The molecule has 0 radical (unpaired) electrons. The van der Waals surface area contributed by atoms with Crippen molar-refractivity contribution in [3.63, 3.8) is 0 Å². The van der Waals surface area contributed by atoms with E-state index in [2.05, 4.69) is 16.0 Å². The highest BCUT2D eigenvalue weighted by Crippen LogP contribution is 2.13. The fourth-order valence-corrected chi connectivity index (χ4v) is 2.35. The summed E-state index contributed by atoms with van der Waals surface area (Å²) in [4.78, 5) is 36.4. The minimum Gasteiger partial charge on any atom is -0.273 e. The van der Waals surface area contributed by atoms with Gasteiger partial charge in [-0.3, -0.25) is 25.2 Å². The molecule has 24 heavy (non-hydrogen) atoms. The minimum absolute atomic E-state index is 0.120. The van der Waals surface area contributed by atoms with Crippen LogP contribution < -0.4 is 16.4 Å². The number of nitrogens with one attached hydrogen (secondary N) is 2. The van der Waals surface area contributed by atoms with Gasteiger partial charge in [0.1, 0.15) is 0 Å². The molecule has 2 amide bonds. The number of hydrogen-bond donors (Lipinski definition) is 2. The van der Waals surface area contributed by atoms with Gasteiger partial charge in [-0.1, -0.05) is 38.5 Å². The zero-order valence-electron chi connectivity index (χ0n) is 14.0. The lowest BCUT2D eigenvalue weighted by Crippen LogP contribution is -2.42. The highest BCUT2D eigenvalue weighted by atomic mass is 16.2. The van der Waals surface area contributed by atoms with E-state index in [0.717, 1.165) is 19.3 Å². The number of aromatic nitrogens is 2. The first-order chi connectivity index (χ1) is 11.6. The second-order valence-corrected chi connectivity index (χ2v) is 5.53. The Balaban J connectivity index is 2.30. The molecule has 1 aromatic heterocycles. The van der Waals surface area contributed by atoms with Crippen LogP contribution in [0.2, 0.25) is 0 Å². The van der Waals surface area contributed by atoms with Gasteiger partial charge in [0.05, 0.1) is 5.39 Å². The van der Waals surface area contributed by atoms with Crippen LogP contribution in [-0.4, -0.2) is 21.6 Å². The molecule has 7 nitrogen and oxygen atoms in total. The van der Waals surface area contributed by atoms with E-state index in [-0.39, 0.29) is 17.2 Å².